The van der Waals surface area contributed by atoms with E-state index in [1.165, 1.54) is 12.1 Å². The van der Waals surface area contributed by atoms with Gasteiger partial charge in [0, 0.05) is 28.3 Å². The zero-order valence-electron chi connectivity index (χ0n) is 13.7. The van der Waals surface area contributed by atoms with Gasteiger partial charge in [0.15, 0.2) is 4.90 Å². The molecule has 0 bridgehead atoms. The van der Waals surface area contributed by atoms with Gasteiger partial charge in [0.1, 0.15) is 5.75 Å². The van der Waals surface area contributed by atoms with Gasteiger partial charge in [-0.1, -0.05) is 29.3 Å². The Kier molecular flexibility index (Phi) is 6.94. The zero-order chi connectivity index (χ0) is 19.3. The topological polar surface area (TPSA) is 64.2 Å². The predicted molar refractivity (Wildman–Crippen MR) is 94.2 cm³/mol. The average molecular weight is 405 g/mol. The van der Waals surface area contributed by atoms with Crippen molar-refractivity contribution in [2.24, 2.45) is 0 Å². The number of amides is 1. The minimum absolute atomic E-state index is 0.0163. The lowest BCUT2D eigenvalue weighted by molar-refractivity contribution is -0.0941. The van der Waals surface area contributed by atoms with Crippen LogP contribution in [0.1, 0.15) is 28.4 Å². The summed E-state index contributed by atoms with van der Waals surface area (Å²) in [5.74, 6) is -0.231. The molecule has 0 fully saturated rings. The Morgan fingerprint density at radius 3 is 2.65 bits per heavy atom. The first-order chi connectivity index (χ1) is 12.3. The first kappa shape index (κ1) is 20.6. The Balaban J connectivity index is 2.17. The summed E-state index contributed by atoms with van der Waals surface area (Å²) in [6.45, 7) is 1.78. The van der Waals surface area contributed by atoms with Gasteiger partial charge in [-0.15, -0.1) is 4.48 Å². The van der Waals surface area contributed by atoms with E-state index < -0.39 is 28.7 Å². The van der Waals surface area contributed by atoms with Crippen molar-refractivity contribution in [3.05, 3.63) is 64.2 Å². The van der Waals surface area contributed by atoms with Crippen LogP contribution >= 0.6 is 11.6 Å². The predicted octanol–water partition coefficient (Wildman–Crippen LogP) is 3.92. The number of nitrogens with one attached hydrogen (secondary N) is 2. The minimum Gasteiger partial charge on any atom is -0.611 e. The molecule has 0 heterocycles. The standard InChI is InChI=1S/C17H16ClF3N2O2S/c1-2-26(25)15-7-6-14(18)9-12(15)10-22-16(24)11-4-3-5-13(8-11)17(19,20)23-21/h3-9,23H,2,10H2,1H3,(H,22,24). The fourth-order valence-electron chi connectivity index (χ4n) is 2.25. The molecule has 0 aliphatic carbocycles. The normalized spacial score (nSPS) is 12.7. The number of hydrogen-bond acceptors (Lipinski definition) is 3. The number of benzene rings is 2. The third kappa shape index (κ3) is 4.91. The Morgan fingerprint density at radius 2 is 2.00 bits per heavy atom. The molecule has 2 aromatic carbocycles. The van der Waals surface area contributed by atoms with E-state index in [9.17, 15) is 22.6 Å². The van der Waals surface area contributed by atoms with Crippen LogP contribution in [0.3, 0.4) is 0 Å². The summed E-state index contributed by atoms with van der Waals surface area (Å²) in [5, 5.41) is 2.99. The maximum atomic E-state index is 13.3. The molecule has 4 nitrogen and oxygen atoms in total. The van der Waals surface area contributed by atoms with Gasteiger partial charge >= 0.3 is 6.05 Å². The lowest BCUT2D eigenvalue weighted by Gasteiger charge is -2.15. The Bertz CT molecular complexity index is 792. The van der Waals surface area contributed by atoms with Crippen LogP contribution in [0, 0.1) is 0 Å². The molecule has 140 valence electrons. The second-order valence-electron chi connectivity index (χ2n) is 5.32. The quantitative estimate of drug-likeness (QED) is 0.417. The van der Waals surface area contributed by atoms with Crippen LogP contribution in [0.15, 0.2) is 47.4 Å². The Morgan fingerprint density at radius 1 is 1.27 bits per heavy atom. The van der Waals surface area contributed by atoms with Gasteiger partial charge in [-0.25, -0.2) is 0 Å². The highest BCUT2D eigenvalue weighted by atomic mass is 35.5. The van der Waals surface area contributed by atoms with Gasteiger partial charge in [0.05, 0.1) is 0 Å². The fourth-order valence-corrected chi connectivity index (χ4v) is 3.40. The Hall–Kier alpha value is -1.74. The first-order valence-electron chi connectivity index (χ1n) is 7.59. The van der Waals surface area contributed by atoms with Crippen molar-refractivity contribution in [2.45, 2.75) is 24.4 Å². The molecule has 2 N–H and O–H groups in total. The van der Waals surface area contributed by atoms with Crippen molar-refractivity contribution < 1.29 is 22.6 Å². The van der Waals surface area contributed by atoms with Crippen molar-refractivity contribution in [3.63, 3.8) is 0 Å². The van der Waals surface area contributed by atoms with Gasteiger partial charge in [0.2, 0.25) is 0 Å². The molecule has 2 rings (SSSR count). The molecule has 0 radical (unpaired) electrons. The lowest BCUT2D eigenvalue weighted by Crippen LogP contribution is -2.28. The molecule has 2 aromatic rings. The van der Waals surface area contributed by atoms with Crippen LogP contribution in [0.5, 0.6) is 0 Å². The maximum absolute atomic E-state index is 13.3. The minimum atomic E-state index is -3.89. The molecular formula is C17H16ClF3N2O2S. The molecule has 0 aromatic heterocycles. The van der Waals surface area contributed by atoms with Gasteiger partial charge in [-0.3, -0.25) is 4.79 Å². The summed E-state index contributed by atoms with van der Waals surface area (Å²) < 4.78 is 51.0. The van der Waals surface area contributed by atoms with E-state index >= 15 is 0 Å². The lowest BCUT2D eigenvalue weighted by atomic mass is 10.1. The van der Waals surface area contributed by atoms with Crippen LogP contribution in [-0.2, 0) is 23.8 Å². The monoisotopic (exact) mass is 404 g/mol. The molecular weight excluding hydrogens is 389 g/mol. The fraction of sp³-hybridized carbons (Fsp3) is 0.235. The summed E-state index contributed by atoms with van der Waals surface area (Å²) >= 11 is 4.70. The molecule has 1 atom stereocenters. The van der Waals surface area contributed by atoms with E-state index in [-0.39, 0.29) is 12.1 Å². The van der Waals surface area contributed by atoms with E-state index in [1.807, 2.05) is 0 Å². The van der Waals surface area contributed by atoms with Crippen molar-refractivity contribution in [3.8, 4) is 0 Å². The van der Waals surface area contributed by atoms with E-state index in [1.54, 1.807) is 25.1 Å². The average Bonchev–Trinajstić information content (AvgIpc) is 2.65. The summed E-state index contributed by atoms with van der Waals surface area (Å²) in [6, 6.07) is 5.37. The van der Waals surface area contributed by atoms with Crippen LogP contribution in [0.2, 0.25) is 5.02 Å². The summed E-state index contributed by atoms with van der Waals surface area (Å²) in [4.78, 5) is 12.8. The van der Waals surface area contributed by atoms with E-state index in [2.05, 4.69) is 5.32 Å². The first-order valence-corrected chi connectivity index (χ1v) is 9.29. The third-order valence-electron chi connectivity index (χ3n) is 3.58. The number of carbonyl (C=O) groups is 1. The maximum Gasteiger partial charge on any atom is 0.354 e. The van der Waals surface area contributed by atoms with Crippen molar-refractivity contribution in [2.75, 3.05) is 5.75 Å². The number of rotatable bonds is 7. The number of halogens is 4. The second-order valence-corrected chi connectivity index (χ2v) is 7.46. The second kappa shape index (κ2) is 8.77. The molecule has 0 aliphatic rings. The van der Waals surface area contributed by atoms with E-state index in [0.29, 0.717) is 26.8 Å². The van der Waals surface area contributed by atoms with Crippen molar-refractivity contribution in [1.29, 1.82) is 0 Å². The molecule has 0 spiro atoms. The highest BCUT2D eigenvalue weighted by molar-refractivity contribution is 7.91. The van der Waals surface area contributed by atoms with Crippen LogP contribution < -0.4 is 10.9 Å². The number of hydrogen-bond donors (Lipinski definition) is 2. The summed E-state index contributed by atoms with van der Waals surface area (Å²) in [7, 11) is 0. The third-order valence-corrected chi connectivity index (χ3v) is 5.22. The smallest absolute Gasteiger partial charge is 0.354 e. The summed E-state index contributed by atoms with van der Waals surface area (Å²) in [6.07, 6.45) is 0. The Labute approximate surface area is 156 Å². The molecule has 26 heavy (non-hydrogen) atoms. The van der Waals surface area contributed by atoms with Gasteiger partial charge < -0.3 is 9.87 Å². The van der Waals surface area contributed by atoms with Crippen LogP contribution in [0.4, 0.5) is 13.3 Å². The molecule has 0 aliphatic heterocycles. The largest absolute Gasteiger partial charge is 0.611 e. The van der Waals surface area contributed by atoms with Gasteiger partial charge in [-0.05, 0) is 48.4 Å². The molecule has 1 amide bonds. The zero-order valence-corrected chi connectivity index (χ0v) is 15.3. The van der Waals surface area contributed by atoms with Crippen LogP contribution in [-0.4, -0.2) is 16.2 Å². The SMILES string of the molecule is CC[S+]([O-])c1ccc(Cl)cc1CNC(=O)c1cccc(C(F)(F)NF)c1. The molecule has 9 heteroatoms. The van der Waals surface area contributed by atoms with Gasteiger partial charge in [-0.2, -0.15) is 8.78 Å². The highest BCUT2D eigenvalue weighted by Crippen LogP contribution is 2.26. The van der Waals surface area contributed by atoms with E-state index in [4.69, 9.17) is 11.6 Å². The van der Waals surface area contributed by atoms with Gasteiger partial charge in [0.25, 0.3) is 5.91 Å². The van der Waals surface area contributed by atoms with E-state index in [0.717, 1.165) is 12.1 Å². The van der Waals surface area contributed by atoms with Crippen molar-refractivity contribution >= 4 is 28.7 Å². The number of alkyl halides is 2. The molecule has 0 saturated heterocycles. The summed E-state index contributed by atoms with van der Waals surface area (Å²) in [5.41, 5.74) is 0.233. The van der Waals surface area contributed by atoms with Crippen LogP contribution in [0.25, 0.3) is 0 Å². The molecule has 0 saturated carbocycles. The molecule has 1 unspecified atom stereocenters. The van der Waals surface area contributed by atoms with Crippen molar-refractivity contribution in [1.82, 2.24) is 10.9 Å². The number of carbonyl (C=O) groups excluding carboxylic acids is 1. The highest BCUT2D eigenvalue weighted by Gasteiger charge is 2.32.